The summed E-state index contributed by atoms with van der Waals surface area (Å²) in [6.45, 7) is 3.11. The first-order chi connectivity index (χ1) is 13.5. The smallest absolute Gasteiger partial charge is 0.221 e. The van der Waals surface area contributed by atoms with Crippen molar-refractivity contribution in [3.8, 4) is 5.75 Å². The molecule has 0 saturated heterocycles. The third-order valence-corrected chi connectivity index (χ3v) is 4.80. The lowest BCUT2D eigenvalue weighted by molar-refractivity contribution is -0.118. The molecule has 3 rings (SSSR count). The zero-order valence-electron chi connectivity index (χ0n) is 16.0. The van der Waals surface area contributed by atoms with Crippen LogP contribution < -0.4 is 16.2 Å². The summed E-state index contributed by atoms with van der Waals surface area (Å²) in [5.41, 5.74) is 14.8. The van der Waals surface area contributed by atoms with Crippen LogP contribution in [0.2, 0.25) is 0 Å². The first-order valence-corrected chi connectivity index (χ1v) is 9.30. The van der Waals surface area contributed by atoms with Gasteiger partial charge in [0.05, 0.1) is 18.5 Å². The molecular formula is C22H25N3O3. The third-order valence-electron chi connectivity index (χ3n) is 4.80. The van der Waals surface area contributed by atoms with Crippen LogP contribution in [0.25, 0.3) is 10.9 Å². The summed E-state index contributed by atoms with van der Waals surface area (Å²) in [6.07, 6.45) is 1.07. The van der Waals surface area contributed by atoms with E-state index in [0.29, 0.717) is 26.0 Å². The second-order valence-electron chi connectivity index (χ2n) is 6.88. The lowest BCUT2D eigenvalue weighted by Crippen LogP contribution is -2.14. The van der Waals surface area contributed by atoms with E-state index in [9.17, 15) is 9.59 Å². The number of carbonyl (C=O) groups excluding carboxylic acids is 2. The average molecular weight is 379 g/mol. The van der Waals surface area contributed by atoms with Crippen LogP contribution in [0.5, 0.6) is 5.75 Å². The second-order valence-corrected chi connectivity index (χ2v) is 6.88. The van der Waals surface area contributed by atoms with Crippen LogP contribution in [0, 0.1) is 6.92 Å². The Morgan fingerprint density at radius 2 is 1.79 bits per heavy atom. The van der Waals surface area contributed by atoms with Gasteiger partial charge >= 0.3 is 0 Å². The largest absolute Gasteiger partial charge is 0.494 e. The molecule has 2 amide bonds. The van der Waals surface area contributed by atoms with Crippen LogP contribution in [0.1, 0.15) is 29.7 Å². The maximum Gasteiger partial charge on any atom is 0.221 e. The SMILES string of the molecule is Cc1c(CC(N)=O)c2ccc(OCCCC(N)=O)cc2n1Cc1ccccc1. The van der Waals surface area contributed by atoms with E-state index >= 15 is 0 Å². The van der Waals surface area contributed by atoms with Gasteiger partial charge in [-0.15, -0.1) is 0 Å². The van der Waals surface area contributed by atoms with Crippen LogP contribution in [-0.4, -0.2) is 23.0 Å². The standard InChI is InChI=1S/C22H25N3O3/c1-15-19(13-22(24)27)18-10-9-17(28-11-5-8-21(23)26)12-20(18)25(15)14-16-6-3-2-4-7-16/h2-4,6-7,9-10,12H,5,8,11,13-14H2,1H3,(H2,23,26)(H2,24,27). The molecule has 3 aromatic rings. The van der Waals surface area contributed by atoms with Gasteiger partial charge in [-0.2, -0.15) is 0 Å². The van der Waals surface area contributed by atoms with E-state index in [2.05, 4.69) is 16.7 Å². The number of hydrogen-bond donors (Lipinski definition) is 2. The van der Waals surface area contributed by atoms with E-state index in [1.807, 2.05) is 43.3 Å². The molecule has 28 heavy (non-hydrogen) atoms. The van der Waals surface area contributed by atoms with Crippen molar-refractivity contribution < 1.29 is 14.3 Å². The number of nitrogens with zero attached hydrogens (tertiary/aromatic N) is 1. The summed E-state index contributed by atoms with van der Waals surface area (Å²) in [5.74, 6) is 0.0329. The number of amides is 2. The van der Waals surface area contributed by atoms with Gasteiger partial charge in [-0.1, -0.05) is 30.3 Å². The van der Waals surface area contributed by atoms with Crippen LogP contribution in [0.4, 0.5) is 0 Å². The van der Waals surface area contributed by atoms with E-state index in [4.69, 9.17) is 16.2 Å². The van der Waals surface area contributed by atoms with Gasteiger partial charge in [0, 0.05) is 30.1 Å². The predicted molar refractivity (Wildman–Crippen MR) is 109 cm³/mol. The van der Waals surface area contributed by atoms with Crippen LogP contribution >= 0.6 is 0 Å². The summed E-state index contributed by atoms with van der Waals surface area (Å²) in [7, 11) is 0. The Morgan fingerprint density at radius 3 is 2.46 bits per heavy atom. The fourth-order valence-corrected chi connectivity index (χ4v) is 3.42. The fourth-order valence-electron chi connectivity index (χ4n) is 3.42. The number of ether oxygens (including phenoxy) is 1. The normalized spacial score (nSPS) is 10.9. The molecule has 6 nitrogen and oxygen atoms in total. The monoisotopic (exact) mass is 379 g/mol. The molecule has 0 fully saturated rings. The van der Waals surface area contributed by atoms with Gasteiger partial charge in [-0.25, -0.2) is 0 Å². The Kier molecular flexibility index (Phi) is 5.99. The van der Waals surface area contributed by atoms with E-state index in [1.54, 1.807) is 0 Å². The first-order valence-electron chi connectivity index (χ1n) is 9.30. The Balaban J connectivity index is 1.95. The van der Waals surface area contributed by atoms with Crippen molar-refractivity contribution in [3.63, 3.8) is 0 Å². The second kappa shape index (κ2) is 8.61. The fraction of sp³-hybridized carbons (Fsp3) is 0.273. The topological polar surface area (TPSA) is 100 Å². The molecule has 0 aliphatic heterocycles. The maximum atomic E-state index is 11.6. The number of fused-ring (bicyclic) bond motifs is 1. The third kappa shape index (κ3) is 4.52. The molecule has 1 heterocycles. The molecule has 6 heteroatoms. The van der Waals surface area contributed by atoms with Gasteiger partial charge in [-0.05, 0) is 36.6 Å². The van der Waals surface area contributed by atoms with Crippen molar-refractivity contribution in [3.05, 3.63) is 65.4 Å². The number of nitrogens with two attached hydrogens (primary N) is 2. The van der Waals surface area contributed by atoms with Crippen molar-refractivity contribution in [1.29, 1.82) is 0 Å². The molecule has 2 aromatic carbocycles. The molecule has 0 spiro atoms. The first kappa shape index (κ1) is 19.5. The molecule has 0 aliphatic carbocycles. The molecule has 0 atom stereocenters. The average Bonchev–Trinajstić information content (AvgIpc) is 2.91. The molecule has 146 valence electrons. The zero-order chi connectivity index (χ0) is 20.1. The highest BCUT2D eigenvalue weighted by molar-refractivity contribution is 5.91. The Bertz CT molecular complexity index is 993. The predicted octanol–water partition coefficient (Wildman–Crippen LogP) is 2.67. The van der Waals surface area contributed by atoms with Crippen molar-refractivity contribution in [2.24, 2.45) is 11.5 Å². The molecule has 0 radical (unpaired) electrons. The van der Waals surface area contributed by atoms with E-state index in [0.717, 1.165) is 27.9 Å². The number of primary amides is 2. The molecular weight excluding hydrogens is 354 g/mol. The summed E-state index contributed by atoms with van der Waals surface area (Å²) in [5, 5.41) is 0.997. The molecule has 0 unspecified atom stereocenters. The summed E-state index contributed by atoms with van der Waals surface area (Å²) >= 11 is 0. The minimum absolute atomic E-state index is 0.197. The Hall–Kier alpha value is -3.28. The van der Waals surface area contributed by atoms with Crippen LogP contribution in [0.15, 0.2) is 48.5 Å². The van der Waals surface area contributed by atoms with Crippen LogP contribution in [-0.2, 0) is 22.6 Å². The van der Waals surface area contributed by atoms with Crippen molar-refractivity contribution in [2.45, 2.75) is 32.7 Å². The minimum Gasteiger partial charge on any atom is -0.494 e. The lowest BCUT2D eigenvalue weighted by atomic mass is 10.1. The summed E-state index contributed by atoms with van der Waals surface area (Å²) in [4.78, 5) is 22.4. The number of rotatable bonds is 9. The Labute approximate surface area is 164 Å². The van der Waals surface area contributed by atoms with Gasteiger partial charge in [0.1, 0.15) is 5.75 Å². The highest BCUT2D eigenvalue weighted by Crippen LogP contribution is 2.30. The molecule has 0 bridgehead atoms. The zero-order valence-corrected chi connectivity index (χ0v) is 16.0. The van der Waals surface area contributed by atoms with E-state index in [-0.39, 0.29) is 18.2 Å². The number of benzene rings is 2. The molecule has 0 saturated carbocycles. The van der Waals surface area contributed by atoms with Crippen molar-refractivity contribution in [2.75, 3.05) is 6.61 Å². The van der Waals surface area contributed by atoms with Crippen molar-refractivity contribution in [1.82, 2.24) is 4.57 Å². The number of hydrogen-bond acceptors (Lipinski definition) is 3. The van der Waals surface area contributed by atoms with Gasteiger partial charge in [0.25, 0.3) is 0 Å². The molecule has 1 aromatic heterocycles. The van der Waals surface area contributed by atoms with Crippen LogP contribution in [0.3, 0.4) is 0 Å². The van der Waals surface area contributed by atoms with Crippen molar-refractivity contribution >= 4 is 22.7 Å². The Morgan fingerprint density at radius 1 is 1.04 bits per heavy atom. The number of carbonyl (C=O) groups is 2. The highest BCUT2D eigenvalue weighted by Gasteiger charge is 2.16. The maximum absolute atomic E-state index is 11.6. The van der Waals surface area contributed by atoms with E-state index in [1.165, 1.54) is 5.56 Å². The number of aromatic nitrogens is 1. The van der Waals surface area contributed by atoms with E-state index < -0.39 is 0 Å². The summed E-state index contributed by atoms with van der Waals surface area (Å²) < 4.78 is 7.97. The van der Waals surface area contributed by atoms with Gasteiger partial charge in [0.15, 0.2) is 0 Å². The quantitative estimate of drug-likeness (QED) is 0.559. The molecule has 4 N–H and O–H groups in total. The lowest BCUT2D eigenvalue weighted by Gasteiger charge is -2.10. The van der Waals surface area contributed by atoms with Gasteiger partial charge in [0.2, 0.25) is 11.8 Å². The van der Waals surface area contributed by atoms with Gasteiger partial charge < -0.3 is 20.8 Å². The minimum atomic E-state index is -0.353. The molecule has 0 aliphatic rings. The van der Waals surface area contributed by atoms with Gasteiger partial charge in [-0.3, -0.25) is 9.59 Å². The highest BCUT2D eigenvalue weighted by atomic mass is 16.5. The summed E-state index contributed by atoms with van der Waals surface area (Å²) in [6, 6.07) is 16.0.